The van der Waals surface area contributed by atoms with Crippen LogP contribution in [-0.4, -0.2) is 30.5 Å². The average Bonchev–Trinajstić information content (AvgIpc) is 3.03. The highest BCUT2D eigenvalue weighted by molar-refractivity contribution is 5.90. The van der Waals surface area contributed by atoms with E-state index in [9.17, 15) is 4.79 Å². The first-order chi connectivity index (χ1) is 10.6. The third-order valence-corrected chi connectivity index (χ3v) is 3.48. The van der Waals surface area contributed by atoms with E-state index in [1.165, 1.54) is 0 Å². The Hall–Kier alpha value is -2.70. The molecule has 1 N–H and O–H groups in total. The molecule has 1 amide bonds. The van der Waals surface area contributed by atoms with Crippen LogP contribution < -0.4 is 5.32 Å². The molecule has 0 saturated heterocycles. The minimum absolute atomic E-state index is 0.134. The summed E-state index contributed by atoms with van der Waals surface area (Å²) in [6.07, 6.45) is 3.47. The molecule has 0 aliphatic heterocycles. The Morgan fingerprint density at radius 1 is 1.23 bits per heavy atom. The van der Waals surface area contributed by atoms with Crippen molar-refractivity contribution in [3.8, 4) is 0 Å². The van der Waals surface area contributed by atoms with Crippen molar-refractivity contribution >= 4 is 22.8 Å². The normalized spacial score (nSPS) is 11.0. The van der Waals surface area contributed by atoms with Crippen LogP contribution in [0.5, 0.6) is 0 Å². The molecule has 0 saturated carbocycles. The molecule has 0 spiro atoms. The Labute approximate surface area is 128 Å². The van der Waals surface area contributed by atoms with E-state index in [1.54, 1.807) is 23.1 Å². The number of nitrogens with one attached hydrogen (secondary N) is 1. The minimum Gasteiger partial charge on any atom is -0.309 e. The Bertz CT molecular complexity index is 815. The monoisotopic (exact) mass is 298 g/mol. The van der Waals surface area contributed by atoms with E-state index < -0.39 is 0 Å². The van der Waals surface area contributed by atoms with Crippen LogP contribution in [0.4, 0.5) is 5.82 Å². The first-order valence-electron chi connectivity index (χ1n) is 7.20. The number of hydrogen-bond acceptors (Lipinski definition) is 4. The Balaban J connectivity index is 1.79. The van der Waals surface area contributed by atoms with Crippen LogP contribution in [0.15, 0.2) is 24.5 Å². The van der Waals surface area contributed by atoms with Gasteiger partial charge >= 0.3 is 0 Å². The summed E-state index contributed by atoms with van der Waals surface area (Å²) in [6, 6.07) is 3.69. The highest BCUT2D eigenvalue weighted by Gasteiger charge is 2.14. The van der Waals surface area contributed by atoms with Crippen LogP contribution in [0, 0.1) is 13.8 Å². The van der Waals surface area contributed by atoms with Crippen LogP contribution in [0.3, 0.4) is 0 Å². The number of rotatable bonds is 4. The molecule has 0 aliphatic carbocycles. The van der Waals surface area contributed by atoms with Gasteiger partial charge in [-0.1, -0.05) is 6.07 Å². The molecule has 0 radical (unpaired) electrons. The zero-order valence-corrected chi connectivity index (χ0v) is 12.9. The topological polar surface area (TPSA) is 77.6 Å². The number of aryl methyl sites for hydroxylation is 3. The zero-order valence-electron chi connectivity index (χ0n) is 12.9. The molecule has 3 aromatic heterocycles. The maximum atomic E-state index is 12.2. The second kappa shape index (κ2) is 5.59. The predicted octanol–water partition coefficient (Wildman–Crippen LogP) is 1.90. The van der Waals surface area contributed by atoms with Crippen molar-refractivity contribution in [3.05, 3.63) is 35.8 Å². The number of pyridine rings is 1. The first-order valence-corrected chi connectivity index (χ1v) is 7.20. The molecule has 3 rings (SSSR count). The SMILES string of the molecule is CCn1nc(C)c2c1cnn2CC(=O)Nc1ccc(C)cn1. The van der Waals surface area contributed by atoms with Gasteiger partial charge in [0.15, 0.2) is 0 Å². The van der Waals surface area contributed by atoms with Crippen molar-refractivity contribution in [2.45, 2.75) is 33.9 Å². The van der Waals surface area contributed by atoms with Gasteiger partial charge in [-0.2, -0.15) is 10.2 Å². The third-order valence-electron chi connectivity index (χ3n) is 3.48. The van der Waals surface area contributed by atoms with E-state index in [-0.39, 0.29) is 12.5 Å². The second-order valence-electron chi connectivity index (χ2n) is 5.21. The van der Waals surface area contributed by atoms with Gasteiger partial charge in [0.1, 0.15) is 23.4 Å². The van der Waals surface area contributed by atoms with Crippen LogP contribution in [0.2, 0.25) is 0 Å². The summed E-state index contributed by atoms with van der Waals surface area (Å²) in [4.78, 5) is 16.3. The molecule has 7 heteroatoms. The maximum Gasteiger partial charge on any atom is 0.247 e. The van der Waals surface area contributed by atoms with E-state index in [0.29, 0.717) is 5.82 Å². The minimum atomic E-state index is -0.162. The van der Waals surface area contributed by atoms with Crippen molar-refractivity contribution in [1.29, 1.82) is 0 Å². The molecule has 0 atom stereocenters. The summed E-state index contributed by atoms with van der Waals surface area (Å²) in [5.41, 5.74) is 3.76. The molecule has 0 bridgehead atoms. The molecule has 114 valence electrons. The lowest BCUT2D eigenvalue weighted by atomic mass is 10.3. The lowest BCUT2D eigenvalue weighted by Gasteiger charge is -2.05. The van der Waals surface area contributed by atoms with Crippen molar-refractivity contribution in [1.82, 2.24) is 24.5 Å². The first kappa shape index (κ1) is 14.2. The molecule has 22 heavy (non-hydrogen) atoms. The van der Waals surface area contributed by atoms with Crippen LogP contribution in [-0.2, 0) is 17.9 Å². The molecule has 0 aromatic carbocycles. The number of nitrogens with zero attached hydrogens (tertiary/aromatic N) is 5. The second-order valence-corrected chi connectivity index (χ2v) is 5.21. The molecule has 0 aliphatic rings. The van der Waals surface area contributed by atoms with Gasteiger partial charge in [0.25, 0.3) is 0 Å². The molecular formula is C15H18N6O. The van der Waals surface area contributed by atoms with E-state index in [0.717, 1.165) is 28.8 Å². The van der Waals surface area contributed by atoms with Gasteiger partial charge in [-0.25, -0.2) is 4.98 Å². The fourth-order valence-corrected chi connectivity index (χ4v) is 2.44. The summed E-state index contributed by atoms with van der Waals surface area (Å²) >= 11 is 0. The number of hydrogen-bond donors (Lipinski definition) is 1. The van der Waals surface area contributed by atoms with Crippen molar-refractivity contribution in [3.63, 3.8) is 0 Å². The molecule has 0 unspecified atom stereocenters. The number of amides is 1. The summed E-state index contributed by atoms with van der Waals surface area (Å²) < 4.78 is 3.56. The summed E-state index contributed by atoms with van der Waals surface area (Å²) in [5.74, 6) is 0.380. The summed E-state index contributed by atoms with van der Waals surface area (Å²) in [5, 5.41) is 11.5. The summed E-state index contributed by atoms with van der Waals surface area (Å²) in [6.45, 7) is 6.81. The van der Waals surface area contributed by atoms with Gasteiger partial charge in [-0.05, 0) is 32.4 Å². The van der Waals surface area contributed by atoms with Crippen LogP contribution >= 0.6 is 0 Å². The fraction of sp³-hybridized carbons (Fsp3) is 0.333. The summed E-state index contributed by atoms with van der Waals surface area (Å²) in [7, 11) is 0. The largest absolute Gasteiger partial charge is 0.309 e. The number of carbonyl (C=O) groups excluding carboxylic acids is 1. The van der Waals surface area contributed by atoms with Gasteiger partial charge in [-0.15, -0.1) is 0 Å². The van der Waals surface area contributed by atoms with E-state index in [2.05, 4.69) is 20.5 Å². The molecule has 0 fully saturated rings. The number of aromatic nitrogens is 5. The van der Waals surface area contributed by atoms with Gasteiger partial charge < -0.3 is 5.32 Å². The molecular weight excluding hydrogens is 280 g/mol. The Morgan fingerprint density at radius 3 is 2.73 bits per heavy atom. The molecule has 7 nitrogen and oxygen atoms in total. The fourth-order valence-electron chi connectivity index (χ4n) is 2.44. The Morgan fingerprint density at radius 2 is 2.05 bits per heavy atom. The van der Waals surface area contributed by atoms with E-state index in [4.69, 9.17) is 0 Å². The predicted molar refractivity (Wildman–Crippen MR) is 83.5 cm³/mol. The standard InChI is InChI=1S/C15H18N6O/c1-4-20-12-8-17-21(15(12)11(3)19-20)9-14(22)18-13-6-5-10(2)7-16-13/h5-8H,4,9H2,1-3H3,(H,16,18,22). The molecule has 3 aromatic rings. The van der Waals surface area contributed by atoms with Crippen molar-refractivity contribution < 1.29 is 4.79 Å². The zero-order chi connectivity index (χ0) is 15.7. The van der Waals surface area contributed by atoms with Crippen LogP contribution in [0.1, 0.15) is 18.2 Å². The van der Waals surface area contributed by atoms with Gasteiger partial charge in [0, 0.05) is 12.7 Å². The Kier molecular flexibility index (Phi) is 3.62. The van der Waals surface area contributed by atoms with Gasteiger partial charge in [0.05, 0.1) is 11.9 Å². The number of fused-ring (bicyclic) bond motifs is 1. The lowest BCUT2D eigenvalue weighted by Crippen LogP contribution is -2.20. The smallest absolute Gasteiger partial charge is 0.247 e. The van der Waals surface area contributed by atoms with Gasteiger partial charge in [0.2, 0.25) is 5.91 Å². The average molecular weight is 298 g/mol. The number of anilines is 1. The lowest BCUT2D eigenvalue weighted by molar-refractivity contribution is -0.116. The maximum absolute atomic E-state index is 12.2. The van der Waals surface area contributed by atoms with Crippen molar-refractivity contribution in [2.75, 3.05) is 5.32 Å². The van der Waals surface area contributed by atoms with Crippen molar-refractivity contribution in [2.24, 2.45) is 0 Å². The number of carbonyl (C=O) groups is 1. The van der Waals surface area contributed by atoms with Crippen LogP contribution in [0.25, 0.3) is 11.0 Å². The third kappa shape index (κ3) is 2.57. The quantitative estimate of drug-likeness (QED) is 0.798. The highest BCUT2D eigenvalue weighted by atomic mass is 16.2. The highest BCUT2D eigenvalue weighted by Crippen LogP contribution is 2.17. The van der Waals surface area contributed by atoms with E-state index in [1.807, 2.05) is 31.5 Å². The van der Waals surface area contributed by atoms with Gasteiger partial charge in [-0.3, -0.25) is 14.2 Å². The molecule has 3 heterocycles. The van der Waals surface area contributed by atoms with E-state index >= 15 is 0 Å².